The molecular weight excluding hydrogens is 365 g/mol. The Morgan fingerprint density at radius 1 is 1.22 bits per heavy atom. The third-order valence-corrected chi connectivity index (χ3v) is 6.03. The Morgan fingerprint density at radius 2 is 1.96 bits per heavy atom. The van der Waals surface area contributed by atoms with Crippen LogP contribution in [0.2, 0.25) is 0 Å². The second-order valence-corrected chi connectivity index (χ2v) is 7.92. The lowest BCUT2D eigenvalue weighted by Crippen LogP contribution is -2.43. The maximum atomic E-state index is 13.3. The van der Waals surface area contributed by atoms with Crippen LogP contribution in [0.5, 0.6) is 0 Å². The van der Waals surface area contributed by atoms with Crippen molar-refractivity contribution in [1.82, 2.24) is 14.0 Å². The van der Waals surface area contributed by atoms with Crippen LogP contribution in [0.25, 0.3) is 11.3 Å². The summed E-state index contributed by atoms with van der Waals surface area (Å²) in [4.78, 5) is 28.0. The predicted octanol–water partition coefficient (Wildman–Crippen LogP) is 3.43. The quantitative estimate of drug-likeness (QED) is 0.694. The van der Waals surface area contributed by atoms with E-state index in [1.54, 1.807) is 12.1 Å². The molecule has 140 valence electrons. The van der Waals surface area contributed by atoms with E-state index in [1.165, 1.54) is 16.7 Å². The van der Waals surface area contributed by atoms with Crippen molar-refractivity contribution >= 4 is 17.2 Å². The van der Waals surface area contributed by atoms with Gasteiger partial charge in [-0.1, -0.05) is 11.3 Å². The Morgan fingerprint density at radius 3 is 2.70 bits per heavy atom. The summed E-state index contributed by atoms with van der Waals surface area (Å²) in [6, 6.07) is 9.98. The molecule has 0 saturated carbocycles. The average Bonchev–Trinajstić information content (AvgIpc) is 3.22. The van der Waals surface area contributed by atoms with Crippen LogP contribution in [-0.4, -0.2) is 26.5 Å². The number of carbonyl (C=O) groups is 1. The van der Waals surface area contributed by atoms with E-state index >= 15 is 0 Å². The van der Waals surface area contributed by atoms with Crippen molar-refractivity contribution < 1.29 is 9.18 Å². The van der Waals surface area contributed by atoms with Gasteiger partial charge in [0.1, 0.15) is 12.4 Å². The molecule has 1 aliphatic heterocycles. The molecule has 5 nitrogen and oxygen atoms in total. The zero-order valence-electron chi connectivity index (χ0n) is 15.2. The van der Waals surface area contributed by atoms with Crippen LogP contribution in [0.1, 0.15) is 23.5 Å². The monoisotopic (exact) mass is 385 g/mol. The highest BCUT2D eigenvalue weighted by molar-refractivity contribution is 7.09. The van der Waals surface area contributed by atoms with Gasteiger partial charge >= 0.3 is 4.87 Å². The zero-order valence-corrected chi connectivity index (χ0v) is 16.0. The van der Waals surface area contributed by atoms with E-state index in [1.807, 2.05) is 37.1 Å². The smallest absolute Gasteiger partial charge is 0.308 e. The molecule has 0 radical (unpaired) electrons. The summed E-state index contributed by atoms with van der Waals surface area (Å²) in [7, 11) is 0. The SMILES string of the molecule is Cc1sc(=O)n(CC(=O)N2CCn3cccc3[C@@H]2C)c1-c1ccc(F)cc1. The van der Waals surface area contributed by atoms with Crippen molar-refractivity contribution in [3.05, 3.63) is 68.7 Å². The lowest BCUT2D eigenvalue weighted by atomic mass is 10.1. The summed E-state index contributed by atoms with van der Waals surface area (Å²) in [6.07, 6.45) is 2.02. The fourth-order valence-electron chi connectivity index (χ4n) is 3.77. The van der Waals surface area contributed by atoms with Crippen molar-refractivity contribution in [2.75, 3.05) is 6.54 Å². The fourth-order valence-corrected chi connectivity index (χ4v) is 4.62. The minimum atomic E-state index is -0.332. The highest BCUT2D eigenvalue weighted by atomic mass is 32.1. The molecule has 1 atom stereocenters. The lowest BCUT2D eigenvalue weighted by molar-refractivity contribution is -0.135. The van der Waals surface area contributed by atoms with E-state index in [-0.39, 0.29) is 29.2 Å². The molecule has 1 aromatic carbocycles. The van der Waals surface area contributed by atoms with E-state index in [2.05, 4.69) is 4.57 Å². The normalized spacial score (nSPS) is 16.4. The standard InChI is InChI=1S/C20H20FN3O2S/c1-13-17-4-3-9-22(17)10-11-23(13)18(25)12-24-19(14(2)27-20(24)26)15-5-7-16(21)8-6-15/h3-9,13H,10-12H2,1-2H3/t13-/m0/s1. The van der Waals surface area contributed by atoms with E-state index in [0.717, 1.165) is 34.0 Å². The number of benzene rings is 1. The molecule has 4 rings (SSSR count). The van der Waals surface area contributed by atoms with Gasteiger partial charge in [0, 0.05) is 29.9 Å². The van der Waals surface area contributed by atoms with Gasteiger partial charge in [-0.3, -0.25) is 14.2 Å². The van der Waals surface area contributed by atoms with Crippen LogP contribution in [-0.2, 0) is 17.9 Å². The average molecular weight is 385 g/mol. The molecule has 1 aliphatic rings. The molecule has 0 fully saturated rings. The van der Waals surface area contributed by atoms with Crippen LogP contribution in [0.3, 0.4) is 0 Å². The van der Waals surface area contributed by atoms with Gasteiger partial charge in [0.05, 0.1) is 11.7 Å². The molecule has 3 aromatic rings. The molecule has 7 heteroatoms. The Hall–Kier alpha value is -2.67. The third-order valence-electron chi connectivity index (χ3n) is 5.14. The van der Waals surface area contributed by atoms with Crippen molar-refractivity contribution in [2.45, 2.75) is 33.0 Å². The first kappa shape index (κ1) is 17.7. The molecule has 0 spiro atoms. The molecule has 3 heterocycles. The summed E-state index contributed by atoms with van der Waals surface area (Å²) in [5.74, 6) is -0.417. The molecular formula is C20H20FN3O2S. The second kappa shape index (κ2) is 6.81. The van der Waals surface area contributed by atoms with E-state index < -0.39 is 0 Å². The van der Waals surface area contributed by atoms with Gasteiger partial charge in [0.15, 0.2) is 0 Å². The van der Waals surface area contributed by atoms with Crippen LogP contribution in [0.4, 0.5) is 4.39 Å². The molecule has 0 unspecified atom stereocenters. The number of hydrogen-bond acceptors (Lipinski definition) is 3. The first-order chi connectivity index (χ1) is 13.0. The highest BCUT2D eigenvalue weighted by Crippen LogP contribution is 2.28. The van der Waals surface area contributed by atoms with Crippen LogP contribution >= 0.6 is 11.3 Å². The van der Waals surface area contributed by atoms with E-state index in [9.17, 15) is 14.0 Å². The summed E-state index contributed by atoms with van der Waals surface area (Å²) in [5.41, 5.74) is 2.52. The topological polar surface area (TPSA) is 47.2 Å². The predicted molar refractivity (Wildman–Crippen MR) is 103 cm³/mol. The van der Waals surface area contributed by atoms with Gasteiger partial charge in [-0.15, -0.1) is 0 Å². The largest absolute Gasteiger partial charge is 0.348 e. The van der Waals surface area contributed by atoms with Crippen molar-refractivity contribution in [2.24, 2.45) is 0 Å². The minimum absolute atomic E-state index is 0.0130. The summed E-state index contributed by atoms with van der Waals surface area (Å²) >= 11 is 1.11. The first-order valence-electron chi connectivity index (χ1n) is 8.86. The minimum Gasteiger partial charge on any atom is -0.348 e. The molecule has 2 aromatic heterocycles. The molecule has 0 saturated heterocycles. The number of carbonyl (C=O) groups excluding carboxylic acids is 1. The number of aryl methyl sites for hydroxylation is 1. The number of aromatic nitrogens is 2. The number of hydrogen-bond donors (Lipinski definition) is 0. The number of fused-ring (bicyclic) bond motifs is 1. The second-order valence-electron chi connectivity index (χ2n) is 6.76. The molecule has 0 aliphatic carbocycles. The molecule has 1 amide bonds. The van der Waals surface area contributed by atoms with Gasteiger partial charge in [-0.2, -0.15) is 0 Å². The molecule has 0 N–H and O–H groups in total. The first-order valence-corrected chi connectivity index (χ1v) is 9.68. The van der Waals surface area contributed by atoms with Crippen LogP contribution in [0.15, 0.2) is 47.4 Å². The summed E-state index contributed by atoms with van der Waals surface area (Å²) in [6.45, 7) is 5.21. The number of amides is 1. The summed E-state index contributed by atoms with van der Waals surface area (Å²) < 4.78 is 16.9. The zero-order chi connectivity index (χ0) is 19.1. The van der Waals surface area contributed by atoms with Crippen LogP contribution in [0, 0.1) is 12.7 Å². The van der Waals surface area contributed by atoms with E-state index in [0.29, 0.717) is 12.2 Å². The number of nitrogens with zero attached hydrogens (tertiary/aromatic N) is 3. The van der Waals surface area contributed by atoms with Gasteiger partial charge in [-0.25, -0.2) is 4.39 Å². The fraction of sp³-hybridized carbons (Fsp3) is 0.300. The Bertz CT molecular complexity index is 1050. The lowest BCUT2D eigenvalue weighted by Gasteiger charge is -2.35. The van der Waals surface area contributed by atoms with Gasteiger partial charge in [-0.05, 0) is 55.8 Å². The van der Waals surface area contributed by atoms with E-state index in [4.69, 9.17) is 0 Å². The van der Waals surface area contributed by atoms with Crippen molar-refractivity contribution in [1.29, 1.82) is 0 Å². The Balaban J connectivity index is 1.64. The molecule has 27 heavy (non-hydrogen) atoms. The maximum Gasteiger partial charge on any atom is 0.308 e. The maximum absolute atomic E-state index is 13.3. The van der Waals surface area contributed by atoms with Gasteiger partial charge in [0.25, 0.3) is 0 Å². The van der Waals surface area contributed by atoms with Gasteiger partial charge in [0.2, 0.25) is 5.91 Å². The van der Waals surface area contributed by atoms with Crippen molar-refractivity contribution in [3.8, 4) is 11.3 Å². The van der Waals surface area contributed by atoms with Crippen LogP contribution < -0.4 is 4.87 Å². The third kappa shape index (κ3) is 3.12. The Labute approximate surface area is 160 Å². The highest BCUT2D eigenvalue weighted by Gasteiger charge is 2.28. The van der Waals surface area contributed by atoms with Crippen molar-refractivity contribution in [3.63, 3.8) is 0 Å². The number of halogens is 1. The number of rotatable bonds is 3. The van der Waals surface area contributed by atoms with Gasteiger partial charge < -0.3 is 9.47 Å². The molecule has 0 bridgehead atoms. The Kier molecular flexibility index (Phi) is 4.47. The summed E-state index contributed by atoms with van der Waals surface area (Å²) in [5, 5.41) is 0. The number of thiazole rings is 1.